The average molecular weight is 243 g/mol. The second kappa shape index (κ2) is 3.74. The van der Waals surface area contributed by atoms with Crippen molar-refractivity contribution in [2.45, 2.75) is 25.4 Å². The van der Waals surface area contributed by atoms with Crippen LogP contribution in [0.1, 0.15) is 19.3 Å². The van der Waals surface area contributed by atoms with Crippen molar-refractivity contribution in [1.82, 2.24) is 0 Å². The van der Waals surface area contributed by atoms with Gasteiger partial charge in [-0.15, -0.1) is 0 Å². The highest BCUT2D eigenvalue weighted by Gasteiger charge is 2.64. The summed E-state index contributed by atoms with van der Waals surface area (Å²) in [4.78, 5) is 11.8. The summed E-state index contributed by atoms with van der Waals surface area (Å²) in [6.45, 7) is 0. The zero-order valence-corrected chi connectivity index (χ0v) is 10.2. The van der Waals surface area contributed by atoms with E-state index in [1.54, 1.807) is 0 Å². The number of anilines is 1. The molecular formula is C15H17NO2. The second-order valence-electron chi connectivity index (χ2n) is 5.91. The van der Waals surface area contributed by atoms with Gasteiger partial charge >= 0.3 is 6.09 Å². The molecule has 0 spiro atoms. The maximum atomic E-state index is 11.8. The molecule has 4 bridgehead atoms. The Kier molecular flexibility index (Phi) is 2.16. The van der Waals surface area contributed by atoms with Gasteiger partial charge in [-0.3, -0.25) is 5.32 Å². The Morgan fingerprint density at radius 2 is 1.83 bits per heavy atom. The smallest absolute Gasteiger partial charge is 0.411 e. The van der Waals surface area contributed by atoms with Crippen molar-refractivity contribution in [3.8, 4) is 0 Å². The number of nitrogens with one attached hydrogen (secondary N) is 1. The van der Waals surface area contributed by atoms with E-state index in [2.05, 4.69) is 5.32 Å². The molecule has 0 heterocycles. The van der Waals surface area contributed by atoms with Gasteiger partial charge < -0.3 is 4.74 Å². The molecule has 18 heavy (non-hydrogen) atoms. The lowest BCUT2D eigenvalue weighted by Crippen LogP contribution is -2.32. The molecule has 94 valence electrons. The van der Waals surface area contributed by atoms with E-state index in [1.165, 1.54) is 12.8 Å². The van der Waals surface area contributed by atoms with Crippen molar-refractivity contribution in [1.29, 1.82) is 0 Å². The van der Waals surface area contributed by atoms with Crippen LogP contribution in [0.4, 0.5) is 10.5 Å². The van der Waals surface area contributed by atoms with Gasteiger partial charge in [-0.05, 0) is 49.1 Å². The Balaban J connectivity index is 1.37. The van der Waals surface area contributed by atoms with Crippen LogP contribution in [0, 0.1) is 23.7 Å². The van der Waals surface area contributed by atoms with Crippen LogP contribution < -0.4 is 5.32 Å². The fourth-order valence-electron chi connectivity index (χ4n) is 4.17. The standard InChI is InChI=1S/C15H17NO2/c17-15(16-10-4-2-1-3-5-10)18-13-8-9-6-11-12(7-9)14(11)13/h1-5,9,11-14H,6-8H2,(H,16,17)/t9?,11-,12-,13-,14?/m0/s1. The minimum absolute atomic E-state index is 0.177. The molecule has 3 heteroatoms. The van der Waals surface area contributed by atoms with Crippen molar-refractivity contribution in [3.63, 3.8) is 0 Å². The largest absolute Gasteiger partial charge is 0.446 e. The lowest BCUT2D eigenvalue weighted by atomic mass is 9.83. The first-order valence-electron chi connectivity index (χ1n) is 6.84. The predicted molar refractivity (Wildman–Crippen MR) is 68.1 cm³/mol. The Bertz CT molecular complexity index is 461. The summed E-state index contributed by atoms with van der Waals surface area (Å²) in [5.74, 6) is 3.24. The molecular weight excluding hydrogens is 226 g/mol. The van der Waals surface area contributed by atoms with Gasteiger partial charge in [0.1, 0.15) is 6.10 Å². The number of benzene rings is 1. The highest BCUT2D eigenvalue weighted by molar-refractivity contribution is 5.84. The van der Waals surface area contributed by atoms with Gasteiger partial charge in [-0.2, -0.15) is 0 Å². The minimum atomic E-state index is -0.293. The Morgan fingerprint density at radius 3 is 2.50 bits per heavy atom. The molecule has 1 aromatic carbocycles. The third-order valence-corrected chi connectivity index (χ3v) is 4.88. The molecule has 5 rings (SSSR count). The predicted octanol–water partition coefficient (Wildman–Crippen LogP) is 3.28. The van der Waals surface area contributed by atoms with Crippen LogP contribution in [0.3, 0.4) is 0 Å². The molecule has 0 aromatic heterocycles. The molecule has 0 aliphatic heterocycles. The summed E-state index contributed by atoms with van der Waals surface area (Å²) in [6, 6.07) is 9.49. The summed E-state index contributed by atoms with van der Waals surface area (Å²) >= 11 is 0. The van der Waals surface area contributed by atoms with Gasteiger partial charge in [-0.1, -0.05) is 18.2 Å². The molecule has 0 unspecified atom stereocenters. The number of carbonyl (C=O) groups excluding carboxylic acids is 1. The first-order valence-corrected chi connectivity index (χ1v) is 6.84. The maximum absolute atomic E-state index is 11.8. The van der Waals surface area contributed by atoms with Gasteiger partial charge in [0.15, 0.2) is 0 Å². The van der Waals surface area contributed by atoms with Crippen LogP contribution in [-0.4, -0.2) is 12.2 Å². The lowest BCUT2D eigenvalue weighted by Gasteiger charge is -2.30. The van der Waals surface area contributed by atoms with Crippen molar-refractivity contribution < 1.29 is 9.53 Å². The number of rotatable bonds is 2. The topological polar surface area (TPSA) is 38.3 Å². The van der Waals surface area contributed by atoms with Gasteiger partial charge in [0.25, 0.3) is 0 Å². The van der Waals surface area contributed by atoms with Crippen molar-refractivity contribution in [3.05, 3.63) is 30.3 Å². The SMILES string of the molecule is O=C(Nc1ccccc1)O[C@H]1CC2C[C@@H]3C1[C@H]3C2. The fourth-order valence-corrected chi connectivity index (χ4v) is 4.17. The van der Waals surface area contributed by atoms with E-state index < -0.39 is 0 Å². The normalized spacial score (nSPS) is 39.2. The van der Waals surface area contributed by atoms with Gasteiger partial charge in [-0.25, -0.2) is 4.79 Å². The van der Waals surface area contributed by atoms with Crippen molar-refractivity contribution in [2.75, 3.05) is 5.32 Å². The van der Waals surface area contributed by atoms with Crippen LogP contribution in [0.25, 0.3) is 0 Å². The van der Waals surface area contributed by atoms with Crippen LogP contribution >= 0.6 is 0 Å². The molecule has 1 N–H and O–H groups in total. The quantitative estimate of drug-likeness (QED) is 0.865. The van der Waals surface area contributed by atoms with Crippen LogP contribution in [0.5, 0.6) is 0 Å². The first kappa shape index (κ1) is 10.4. The third kappa shape index (κ3) is 1.61. The molecule has 3 nitrogen and oxygen atoms in total. The van der Waals surface area contributed by atoms with Gasteiger partial charge in [0.05, 0.1) is 0 Å². The fraction of sp³-hybridized carbons (Fsp3) is 0.533. The highest BCUT2D eigenvalue weighted by Crippen LogP contribution is 2.67. The molecule has 4 fully saturated rings. The summed E-state index contributed by atoms with van der Waals surface area (Å²) in [5, 5.41) is 2.80. The van der Waals surface area contributed by atoms with Crippen LogP contribution in [0.2, 0.25) is 0 Å². The number of hydrogen-bond donors (Lipinski definition) is 1. The molecule has 4 aliphatic carbocycles. The van der Waals surface area contributed by atoms with E-state index in [0.717, 1.165) is 29.9 Å². The number of ether oxygens (including phenoxy) is 1. The number of amides is 1. The Hall–Kier alpha value is -1.51. The molecule has 4 aliphatic rings. The molecule has 3 atom stereocenters. The van der Waals surface area contributed by atoms with E-state index in [-0.39, 0.29) is 12.2 Å². The number of hydrogen-bond acceptors (Lipinski definition) is 2. The third-order valence-electron chi connectivity index (χ3n) is 4.88. The summed E-state index contributed by atoms with van der Waals surface area (Å²) in [7, 11) is 0. The van der Waals surface area contributed by atoms with E-state index in [4.69, 9.17) is 4.74 Å². The monoisotopic (exact) mass is 243 g/mol. The number of fused-ring (bicyclic) bond motifs is 1. The summed E-state index contributed by atoms with van der Waals surface area (Å²) in [6.07, 6.45) is 3.74. The van der Waals surface area contributed by atoms with Crippen LogP contribution in [0.15, 0.2) is 30.3 Å². The molecule has 4 saturated carbocycles. The molecule has 0 saturated heterocycles. The maximum Gasteiger partial charge on any atom is 0.411 e. The molecule has 1 aromatic rings. The summed E-state index contributed by atoms with van der Waals surface area (Å²) < 4.78 is 5.60. The van der Waals surface area contributed by atoms with Gasteiger partial charge in [0.2, 0.25) is 0 Å². The Labute approximate surface area is 107 Å². The lowest BCUT2D eigenvalue weighted by molar-refractivity contribution is 0.0453. The molecule has 0 radical (unpaired) electrons. The van der Waals surface area contributed by atoms with Crippen molar-refractivity contribution >= 4 is 11.8 Å². The molecule has 1 amide bonds. The van der Waals surface area contributed by atoms with Gasteiger partial charge in [0, 0.05) is 11.6 Å². The van der Waals surface area contributed by atoms with Crippen LogP contribution in [-0.2, 0) is 4.74 Å². The van der Waals surface area contributed by atoms with Crippen molar-refractivity contribution in [2.24, 2.45) is 23.7 Å². The number of carbonyl (C=O) groups is 1. The minimum Gasteiger partial charge on any atom is -0.446 e. The van der Waals surface area contributed by atoms with E-state index in [9.17, 15) is 4.79 Å². The zero-order chi connectivity index (χ0) is 12.1. The summed E-state index contributed by atoms with van der Waals surface area (Å²) in [5.41, 5.74) is 0.802. The van der Waals surface area contributed by atoms with E-state index in [1.807, 2.05) is 30.3 Å². The van der Waals surface area contributed by atoms with E-state index in [0.29, 0.717) is 5.92 Å². The highest BCUT2D eigenvalue weighted by atomic mass is 16.6. The van der Waals surface area contributed by atoms with E-state index >= 15 is 0 Å². The first-order chi connectivity index (χ1) is 8.81. The average Bonchev–Trinajstić information content (AvgIpc) is 2.94. The second-order valence-corrected chi connectivity index (χ2v) is 5.91. The Morgan fingerprint density at radius 1 is 1.11 bits per heavy atom. The zero-order valence-electron chi connectivity index (χ0n) is 10.2. The number of para-hydroxylation sites is 1.